The molecule has 1 nitrogen and oxygen atoms in total. The quantitative estimate of drug-likeness (QED) is 0.849. The number of benzene rings is 1. The highest BCUT2D eigenvalue weighted by Gasteiger charge is 2.41. The van der Waals surface area contributed by atoms with Crippen molar-refractivity contribution in [2.45, 2.75) is 31.7 Å². The van der Waals surface area contributed by atoms with Crippen molar-refractivity contribution >= 4 is 33.2 Å². The van der Waals surface area contributed by atoms with Crippen LogP contribution in [0.25, 0.3) is 0 Å². The van der Waals surface area contributed by atoms with Crippen LogP contribution in [0.5, 0.6) is 0 Å². The second-order valence-electron chi connectivity index (χ2n) is 4.97. The monoisotopic (exact) mass is 299 g/mol. The van der Waals surface area contributed by atoms with Crippen LogP contribution >= 0.6 is 27.5 Å². The standard InChI is InChI=1S/C13H15BrClN/c14-11-6-5-10(7-12(11)15)16-13(8-1-2-8)9-3-4-9/h5-9,13,16H,1-4H2. The predicted octanol–water partition coefficient (Wildman–Crippen LogP) is 4.70. The summed E-state index contributed by atoms with van der Waals surface area (Å²) in [5, 5.41) is 4.45. The van der Waals surface area contributed by atoms with Gasteiger partial charge in [0.2, 0.25) is 0 Å². The Hall–Kier alpha value is -0.210. The molecule has 1 aromatic rings. The summed E-state index contributed by atoms with van der Waals surface area (Å²) in [6.07, 6.45) is 5.60. The molecule has 0 amide bonds. The molecule has 3 heteroatoms. The summed E-state index contributed by atoms with van der Waals surface area (Å²) >= 11 is 9.52. The number of nitrogens with one attached hydrogen (secondary N) is 1. The molecule has 2 saturated carbocycles. The molecule has 86 valence electrons. The molecule has 3 rings (SSSR count). The van der Waals surface area contributed by atoms with E-state index in [2.05, 4.69) is 27.3 Å². The van der Waals surface area contributed by atoms with Gasteiger partial charge in [-0.1, -0.05) is 11.6 Å². The fourth-order valence-corrected chi connectivity index (χ4v) is 2.74. The molecule has 16 heavy (non-hydrogen) atoms. The zero-order valence-corrected chi connectivity index (χ0v) is 11.4. The highest BCUT2D eigenvalue weighted by Crippen LogP contribution is 2.46. The lowest BCUT2D eigenvalue weighted by molar-refractivity contribution is 0.568. The smallest absolute Gasteiger partial charge is 0.0568 e. The number of hydrogen-bond donors (Lipinski definition) is 1. The van der Waals surface area contributed by atoms with Gasteiger partial charge in [0.15, 0.2) is 0 Å². The Balaban J connectivity index is 1.73. The summed E-state index contributed by atoms with van der Waals surface area (Å²) in [7, 11) is 0. The molecule has 2 fully saturated rings. The summed E-state index contributed by atoms with van der Waals surface area (Å²) in [6.45, 7) is 0. The maximum absolute atomic E-state index is 6.10. The molecule has 1 N–H and O–H groups in total. The first kappa shape index (κ1) is 10.9. The summed E-state index contributed by atoms with van der Waals surface area (Å²) in [4.78, 5) is 0. The SMILES string of the molecule is Clc1cc(NC(C2CC2)C2CC2)ccc1Br. The average Bonchev–Trinajstić information content (AvgIpc) is 3.14. The van der Waals surface area contributed by atoms with E-state index in [9.17, 15) is 0 Å². The highest BCUT2D eigenvalue weighted by atomic mass is 79.9. The van der Waals surface area contributed by atoms with Crippen LogP contribution < -0.4 is 5.32 Å². The summed E-state index contributed by atoms with van der Waals surface area (Å²) in [6, 6.07) is 6.83. The summed E-state index contributed by atoms with van der Waals surface area (Å²) in [5.41, 5.74) is 1.16. The largest absolute Gasteiger partial charge is 0.382 e. The van der Waals surface area contributed by atoms with E-state index in [-0.39, 0.29) is 0 Å². The topological polar surface area (TPSA) is 12.0 Å². The van der Waals surface area contributed by atoms with E-state index in [4.69, 9.17) is 11.6 Å². The van der Waals surface area contributed by atoms with Crippen molar-refractivity contribution in [3.8, 4) is 0 Å². The van der Waals surface area contributed by atoms with Crippen LogP contribution in [0.15, 0.2) is 22.7 Å². The van der Waals surface area contributed by atoms with Crippen LogP contribution in [-0.4, -0.2) is 6.04 Å². The predicted molar refractivity (Wildman–Crippen MR) is 72.0 cm³/mol. The molecule has 1 aromatic carbocycles. The summed E-state index contributed by atoms with van der Waals surface area (Å²) < 4.78 is 0.967. The Labute approximate surface area is 110 Å². The van der Waals surface area contributed by atoms with Crippen molar-refractivity contribution < 1.29 is 0 Å². The van der Waals surface area contributed by atoms with Crippen molar-refractivity contribution in [2.24, 2.45) is 11.8 Å². The van der Waals surface area contributed by atoms with Crippen LogP contribution in [0, 0.1) is 11.8 Å². The molecular weight excluding hydrogens is 286 g/mol. The Morgan fingerprint density at radius 3 is 2.31 bits per heavy atom. The first-order valence-electron chi connectivity index (χ1n) is 5.95. The van der Waals surface area contributed by atoms with E-state index in [1.54, 1.807) is 0 Å². The lowest BCUT2D eigenvalue weighted by Crippen LogP contribution is -2.24. The fraction of sp³-hybridized carbons (Fsp3) is 0.538. The van der Waals surface area contributed by atoms with Crippen LogP contribution in [0.3, 0.4) is 0 Å². The third-order valence-corrected chi connectivity index (χ3v) is 4.75. The van der Waals surface area contributed by atoms with Crippen molar-refractivity contribution in [3.05, 3.63) is 27.7 Å². The Morgan fingerprint density at radius 1 is 1.19 bits per heavy atom. The third-order valence-electron chi connectivity index (χ3n) is 3.51. The number of hydrogen-bond acceptors (Lipinski definition) is 1. The molecule has 2 aliphatic carbocycles. The number of rotatable bonds is 4. The lowest BCUT2D eigenvalue weighted by atomic mass is 10.1. The number of halogens is 2. The van der Waals surface area contributed by atoms with Crippen molar-refractivity contribution in [2.75, 3.05) is 5.32 Å². The highest BCUT2D eigenvalue weighted by molar-refractivity contribution is 9.10. The molecule has 0 saturated heterocycles. The third kappa shape index (κ3) is 2.38. The molecule has 0 atom stereocenters. The van der Waals surface area contributed by atoms with Crippen molar-refractivity contribution in [1.29, 1.82) is 0 Å². The van der Waals surface area contributed by atoms with Gasteiger partial charge in [0, 0.05) is 16.2 Å². The minimum atomic E-state index is 0.692. The van der Waals surface area contributed by atoms with Crippen molar-refractivity contribution in [1.82, 2.24) is 0 Å². The van der Waals surface area contributed by atoms with Gasteiger partial charge in [0.1, 0.15) is 0 Å². The first-order chi connectivity index (χ1) is 7.74. The molecule has 0 radical (unpaired) electrons. The fourth-order valence-electron chi connectivity index (χ4n) is 2.31. The van der Waals surface area contributed by atoms with Gasteiger partial charge >= 0.3 is 0 Å². The van der Waals surface area contributed by atoms with Crippen LogP contribution in [0.2, 0.25) is 5.02 Å². The van der Waals surface area contributed by atoms with Gasteiger partial charge in [0.25, 0.3) is 0 Å². The van der Waals surface area contributed by atoms with E-state index in [1.165, 1.54) is 25.7 Å². The van der Waals surface area contributed by atoms with Gasteiger partial charge in [-0.15, -0.1) is 0 Å². The van der Waals surface area contributed by atoms with E-state index < -0.39 is 0 Å². The van der Waals surface area contributed by atoms with Crippen LogP contribution in [-0.2, 0) is 0 Å². The second-order valence-corrected chi connectivity index (χ2v) is 6.24. The van der Waals surface area contributed by atoms with Gasteiger partial charge in [0.05, 0.1) is 5.02 Å². The van der Waals surface area contributed by atoms with Gasteiger partial charge in [-0.3, -0.25) is 0 Å². The lowest BCUT2D eigenvalue weighted by Gasteiger charge is -2.19. The average molecular weight is 301 g/mol. The Bertz CT molecular complexity index is 387. The first-order valence-corrected chi connectivity index (χ1v) is 7.13. The normalized spacial score (nSPS) is 20.2. The van der Waals surface area contributed by atoms with Crippen LogP contribution in [0.1, 0.15) is 25.7 Å². The van der Waals surface area contributed by atoms with Crippen LogP contribution in [0.4, 0.5) is 5.69 Å². The van der Waals surface area contributed by atoms with E-state index >= 15 is 0 Å². The number of anilines is 1. The maximum atomic E-state index is 6.10. The molecule has 0 spiro atoms. The second kappa shape index (κ2) is 4.23. The molecule has 0 heterocycles. The molecule has 0 bridgehead atoms. The van der Waals surface area contributed by atoms with E-state index in [0.717, 1.165) is 27.0 Å². The van der Waals surface area contributed by atoms with Gasteiger partial charge < -0.3 is 5.32 Å². The molecule has 0 unspecified atom stereocenters. The Kier molecular flexibility index (Phi) is 2.88. The minimum absolute atomic E-state index is 0.692. The summed E-state index contributed by atoms with van der Waals surface area (Å²) in [5.74, 6) is 1.82. The molecule has 0 aliphatic heterocycles. The van der Waals surface area contributed by atoms with E-state index in [0.29, 0.717) is 6.04 Å². The van der Waals surface area contributed by atoms with Gasteiger partial charge in [-0.25, -0.2) is 0 Å². The minimum Gasteiger partial charge on any atom is -0.382 e. The zero-order chi connectivity index (χ0) is 11.1. The van der Waals surface area contributed by atoms with Gasteiger partial charge in [-0.2, -0.15) is 0 Å². The molecular formula is C13H15BrClN. The van der Waals surface area contributed by atoms with Crippen molar-refractivity contribution in [3.63, 3.8) is 0 Å². The maximum Gasteiger partial charge on any atom is 0.0568 e. The Morgan fingerprint density at radius 2 is 1.81 bits per heavy atom. The van der Waals surface area contributed by atoms with E-state index in [1.807, 2.05) is 12.1 Å². The van der Waals surface area contributed by atoms with Gasteiger partial charge in [-0.05, 0) is 71.6 Å². The molecule has 0 aromatic heterocycles. The molecule has 2 aliphatic rings. The zero-order valence-electron chi connectivity index (χ0n) is 9.05.